The van der Waals surface area contributed by atoms with Gasteiger partial charge < -0.3 is 9.72 Å². The molecule has 25 heavy (non-hydrogen) atoms. The molecule has 1 N–H and O–H groups in total. The summed E-state index contributed by atoms with van der Waals surface area (Å²) in [6.45, 7) is 0. The number of H-pyrrole nitrogens is 1. The number of Topliss-reactive ketones (excluding diaryl/α,β-unsaturated/α-hetero) is 1. The fourth-order valence-corrected chi connectivity index (χ4v) is 3.27. The average Bonchev–Trinajstić information content (AvgIpc) is 2.95. The minimum atomic E-state index is -0.244. The van der Waals surface area contributed by atoms with Gasteiger partial charge in [-0.25, -0.2) is 0 Å². The molecule has 3 aromatic rings. The minimum absolute atomic E-state index is 0.196. The molecular formula is C19H14ClNO3S. The summed E-state index contributed by atoms with van der Waals surface area (Å²) in [7, 11) is 1.58. The lowest BCUT2D eigenvalue weighted by atomic mass is 10.1. The van der Waals surface area contributed by atoms with E-state index in [2.05, 4.69) is 4.98 Å². The molecular weight excluding hydrogens is 358 g/mol. The van der Waals surface area contributed by atoms with Crippen molar-refractivity contribution in [3.05, 3.63) is 84.2 Å². The number of benzene rings is 2. The van der Waals surface area contributed by atoms with Crippen molar-refractivity contribution >= 4 is 40.9 Å². The number of rotatable bonds is 4. The molecule has 0 saturated carbocycles. The van der Waals surface area contributed by atoms with Gasteiger partial charge in [0.15, 0.2) is 5.78 Å². The molecule has 0 fully saturated rings. The van der Waals surface area contributed by atoms with Crippen LogP contribution in [0.3, 0.4) is 0 Å². The molecule has 3 rings (SSSR count). The molecule has 0 aliphatic rings. The summed E-state index contributed by atoms with van der Waals surface area (Å²) in [5.41, 5.74) is 1.06. The number of carbonyl (C=O) groups is 1. The number of ether oxygens (including phenoxy) is 1. The number of carbonyl (C=O) groups excluding carboxylic acids is 1. The molecule has 6 heteroatoms. The molecule has 0 aliphatic carbocycles. The number of halogens is 1. The van der Waals surface area contributed by atoms with E-state index >= 15 is 0 Å². The number of aromatic nitrogens is 1. The molecule has 1 aromatic heterocycles. The van der Waals surface area contributed by atoms with Gasteiger partial charge in [0.2, 0.25) is 0 Å². The first kappa shape index (κ1) is 17.2. The molecule has 0 spiro atoms. The van der Waals surface area contributed by atoms with Crippen LogP contribution in [0.1, 0.15) is 15.9 Å². The molecule has 2 aromatic carbocycles. The second-order valence-electron chi connectivity index (χ2n) is 5.19. The number of para-hydroxylation sites is 1. The Hall–Kier alpha value is -2.63. The zero-order valence-electron chi connectivity index (χ0n) is 13.3. The molecule has 1 heterocycles. The van der Waals surface area contributed by atoms with Crippen LogP contribution in [0, 0.1) is 0 Å². The van der Waals surface area contributed by atoms with Crippen molar-refractivity contribution in [2.75, 3.05) is 7.11 Å². The Morgan fingerprint density at radius 1 is 1.16 bits per heavy atom. The second-order valence-corrected chi connectivity index (χ2v) is 6.71. The van der Waals surface area contributed by atoms with Crippen LogP contribution in [0.25, 0.3) is 12.2 Å². The van der Waals surface area contributed by atoms with Gasteiger partial charge in [-0.05, 0) is 36.4 Å². The quantitative estimate of drug-likeness (QED) is 0.717. The number of hydrogen-bond donors (Lipinski definition) is 1. The van der Waals surface area contributed by atoms with E-state index in [0.717, 1.165) is 5.56 Å². The average molecular weight is 372 g/mol. The normalized spacial score (nSPS) is 12.4. The van der Waals surface area contributed by atoms with E-state index in [-0.39, 0.29) is 11.3 Å². The van der Waals surface area contributed by atoms with Gasteiger partial charge in [0, 0.05) is 22.2 Å². The Bertz CT molecular complexity index is 1080. The van der Waals surface area contributed by atoms with E-state index < -0.39 is 0 Å². The number of hydrogen-bond acceptors (Lipinski definition) is 4. The summed E-state index contributed by atoms with van der Waals surface area (Å²) in [5, 5.41) is 0.565. The Morgan fingerprint density at radius 2 is 1.88 bits per heavy atom. The van der Waals surface area contributed by atoms with Gasteiger partial charge in [-0.2, -0.15) is 0 Å². The molecule has 0 unspecified atom stereocenters. The molecule has 4 nitrogen and oxygen atoms in total. The molecule has 0 atom stereocenters. The van der Waals surface area contributed by atoms with Crippen LogP contribution >= 0.6 is 22.9 Å². The smallest absolute Gasteiger partial charge is 0.266 e. The van der Waals surface area contributed by atoms with Crippen LogP contribution in [0.15, 0.2) is 53.3 Å². The summed E-state index contributed by atoms with van der Waals surface area (Å²) in [6.07, 6.45) is 3.15. The van der Waals surface area contributed by atoms with Gasteiger partial charge in [-0.1, -0.05) is 29.8 Å². The highest BCUT2D eigenvalue weighted by molar-refractivity contribution is 7.07. The molecule has 0 saturated heterocycles. The zero-order valence-corrected chi connectivity index (χ0v) is 14.9. The lowest BCUT2D eigenvalue weighted by Crippen LogP contribution is -2.20. The summed E-state index contributed by atoms with van der Waals surface area (Å²) in [5.74, 6) is 0.482. The Labute approximate surface area is 152 Å². The fraction of sp³-hybridized carbons (Fsp3) is 0.0526. The third-order valence-electron chi connectivity index (χ3n) is 3.50. The summed E-state index contributed by atoms with van der Waals surface area (Å²) in [6, 6.07) is 14.0. The fourth-order valence-electron chi connectivity index (χ4n) is 2.27. The lowest BCUT2D eigenvalue weighted by molar-refractivity contribution is 0.106. The summed E-state index contributed by atoms with van der Waals surface area (Å²) >= 11 is 7.04. The third-order valence-corrected chi connectivity index (χ3v) is 4.71. The number of methoxy groups -OCH3 is 1. The Balaban J connectivity index is 2.00. The maximum atomic E-state index is 12.3. The van der Waals surface area contributed by atoms with Crippen molar-refractivity contribution < 1.29 is 9.53 Å². The van der Waals surface area contributed by atoms with E-state index in [0.29, 0.717) is 25.5 Å². The first-order valence-electron chi connectivity index (χ1n) is 7.42. The van der Waals surface area contributed by atoms with Gasteiger partial charge >= 0.3 is 0 Å². The van der Waals surface area contributed by atoms with Crippen LogP contribution in [0.4, 0.5) is 0 Å². The van der Waals surface area contributed by atoms with Gasteiger partial charge in [0.05, 0.1) is 16.3 Å². The maximum absolute atomic E-state index is 12.3. The number of aromatic amines is 1. The van der Waals surface area contributed by atoms with Crippen molar-refractivity contribution in [3.63, 3.8) is 0 Å². The number of thiazole rings is 1. The monoisotopic (exact) mass is 371 g/mol. The molecule has 0 aliphatic heterocycles. The van der Waals surface area contributed by atoms with Crippen molar-refractivity contribution in [1.82, 2.24) is 4.98 Å². The van der Waals surface area contributed by atoms with Crippen molar-refractivity contribution in [1.29, 1.82) is 0 Å². The van der Waals surface area contributed by atoms with E-state index in [1.165, 1.54) is 17.4 Å². The van der Waals surface area contributed by atoms with Crippen LogP contribution in [0.5, 0.6) is 5.75 Å². The predicted molar refractivity (Wildman–Crippen MR) is 101 cm³/mol. The van der Waals surface area contributed by atoms with E-state index in [1.54, 1.807) is 37.5 Å². The third kappa shape index (κ3) is 4.07. The zero-order chi connectivity index (χ0) is 17.8. The lowest BCUT2D eigenvalue weighted by Gasteiger charge is -2.02. The molecule has 0 amide bonds. The first-order valence-corrected chi connectivity index (χ1v) is 8.62. The van der Waals surface area contributed by atoms with Crippen LogP contribution in [0.2, 0.25) is 5.02 Å². The van der Waals surface area contributed by atoms with E-state index in [9.17, 15) is 9.59 Å². The van der Waals surface area contributed by atoms with Crippen LogP contribution in [-0.2, 0) is 0 Å². The van der Waals surface area contributed by atoms with Gasteiger partial charge in [0.1, 0.15) is 5.75 Å². The minimum Gasteiger partial charge on any atom is -0.496 e. The van der Waals surface area contributed by atoms with Gasteiger partial charge in [-0.15, -0.1) is 11.3 Å². The molecule has 126 valence electrons. The van der Waals surface area contributed by atoms with Gasteiger partial charge in [-0.3, -0.25) is 9.59 Å². The largest absolute Gasteiger partial charge is 0.496 e. The molecule has 0 radical (unpaired) electrons. The number of nitrogens with one attached hydrogen (secondary N) is 1. The summed E-state index contributed by atoms with van der Waals surface area (Å²) in [4.78, 5) is 27.1. The van der Waals surface area contributed by atoms with E-state index in [4.69, 9.17) is 16.3 Å². The SMILES string of the molecule is COc1ccccc1C=c1sc(=CC(=O)c2ccc(Cl)cc2)[nH]c1=O. The highest BCUT2D eigenvalue weighted by Crippen LogP contribution is 2.17. The van der Waals surface area contributed by atoms with Crippen LogP contribution < -0.4 is 19.5 Å². The Kier molecular flexibility index (Phi) is 5.16. The Morgan fingerprint density at radius 3 is 2.60 bits per heavy atom. The number of ketones is 1. The van der Waals surface area contributed by atoms with Crippen molar-refractivity contribution in [2.45, 2.75) is 0 Å². The standard InChI is InChI=1S/C19H14ClNO3S/c1-24-16-5-3-2-4-13(16)10-17-19(23)21-18(25-17)11-15(22)12-6-8-14(20)9-7-12/h2-11H,1H3,(H,21,23). The van der Waals surface area contributed by atoms with Crippen molar-refractivity contribution in [3.8, 4) is 5.75 Å². The van der Waals surface area contributed by atoms with Crippen LogP contribution in [-0.4, -0.2) is 17.9 Å². The van der Waals surface area contributed by atoms with E-state index in [1.807, 2.05) is 24.3 Å². The highest BCUT2D eigenvalue weighted by Gasteiger charge is 2.04. The summed E-state index contributed by atoms with van der Waals surface area (Å²) < 4.78 is 6.28. The highest BCUT2D eigenvalue weighted by atomic mass is 35.5. The predicted octanol–water partition coefficient (Wildman–Crippen LogP) is 2.59. The first-order chi connectivity index (χ1) is 12.1. The maximum Gasteiger partial charge on any atom is 0.266 e. The van der Waals surface area contributed by atoms with Crippen molar-refractivity contribution in [2.24, 2.45) is 0 Å². The molecule has 0 bridgehead atoms. The van der Waals surface area contributed by atoms with Gasteiger partial charge in [0.25, 0.3) is 5.56 Å². The topological polar surface area (TPSA) is 59.2 Å². The second kappa shape index (κ2) is 7.51.